The van der Waals surface area contributed by atoms with Gasteiger partial charge in [0.05, 0.1) is 18.8 Å². The first-order valence-electron chi connectivity index (χ1n) is 9.68. The Morgan fingerprint density at radius 3 is 2.39 bits per heavy atom. The van der Waals surface area contributed by atoms with Crippen molar-refractivity contribution in [3.63, 3.8) is 0 Å². The minimum absolute atomic E-state index is 0.166. The smallest absolute Gasteiger partial charge is 0.0677 e. The van der Waals surface area contributed by atoms with Crippen LogP contribution in [0.4, 0.5) is 0 Å². The molecule has 0 aromatic heterocycles. The Morgan fingerprint density at radius 2 is 1.78 bits per heavy atom. The van der Waals surface area contributed by atoms with Gasteiger partial charge in [0.2, 0.25) is 0 Å². The van der Waals surface area contributed by atoms with Gasteiger partial charge in [-0.3, -0.25) is 0 Å². The number of hydrogen-bond donors (Lipinski definition) is 1. The molecule has 0 amide bonds. The molecule has 1 heterocycles. The number of rotatable bonds is 2. The Balaban J connectivity index is 1.86. The normalized spacial score (nSPS) is 39.2. The Hall–Kier alpha value is -0.340. The second-order valence-corrected chi connectivity index (χ2v) is 10.1. The van der Waals surface area contributed by atoms with Crippen molar-refractivity contribution in [3.8, 4) is 0 Å². The van der Waals surface area contributed by atoms with E-state index in [1.165, 1.54) is 25.7 Å². The third-order valence-electron chi connectivity index (χ3n) is 6.83. The van der Waals surface area contributed by atoms with Gasteiger partial charge in [-0.25, -0.2) is 0 Å². The van der Waals surface area contributed by atoms with Crippen molar-refractivity contribution >= 4 is 0 Å². The van der Waals surface area contributed by atoms with Gasteiger partial charge in [-0.15, -0.1) is 0 Å². The minimum Gasteiger partial charge on any atom is -0.392 e. The second kappa shape index (κ2) is 6.19. The third kappa shape index (κ3) is 3.39. The molecule has 2 aliphatic carbocycles. The molecule has 23 heavy (non-hydrogen) atoms. The number of aliphatic hydroxyl groups is 1. The van der Waals surface area contributed by atoms with E-state index in [1.54, 1.807) is 0 Å². The highest BCUT2D eigenvalue weighted by atomic mass is 16.5. The van der Waals surface area contributed by atoms with E-state index in [0.29, 0.717) is 29.8 Å². The van der Waals surface area contributed by atoms with Gasteiger partial charge in [-0.05, 0) is 41.9 Å². The molecule has 1 N–H and O–H groups in total. The molecule has 3 rings (SSSR count). The van der Waals surface area contributed by atoms with Gasteiger partial charge < -0.3 is 9.84 Å². The summed E-state index contributed by atoms with van der Waals surface area (Å²) in [4.78, 5) is 0. The molecule has 0 spiro atoms. The lowest BCUT2D eigenvalue weighted by molar-refractivity contribution is -0.0180. The number of aliphatic hydroxyl groups excluding tert-OH is 1. The van der Waals surface area contributed by atoms with Crippen LogP contribution >= 0.6 is 0 Å². The molecule has 3 aliphatic rings. The van der Waals surface area contributed by atoms with E-state index in [2.05, 4.69) is 46.8 Å². The van der Waals surface area contributed by atoms with E-state index in [4.69, 9.17) is 4.74 Å². The topological polar surface area (TPSA) is 29.5 Å². The monoisotopic (exact) mass is 320 g/mol. The van der Waals surface area contributed by atoms with E-state index in [9.17, 15) is 5.11 Å². The summed E-state index contributed by atoms with van der Waals surface area (Å²) < 4.78 is 6.31. The maximum Gasteiger partial charge on any atom is 0.0677 e. The van der Waals surface area contributed by atoms with Crippen LogP contribution < -0.4 is 0 Å². The zero-order valence-electron chi connectivity index (χ0n) is 15.7. The van der Waals surface area contributed by atoms with E-state index >= 15 is 0 Å². The Bertz CT molecular complexity index is 439. The highest BCUT2D eigenvalue weighted by Gasteiger charge is 2.50. The highest BCUT2D eigenvalue weighted by Crippen LogP contribution is 2.50. The molecule has 0 aromatic carbocycles. The van der Waals surface area contributed by atoms with Gasteiger partial charge in [-0.2, -0.15) is 0 Å². The number of ether oxygens (including phenoxy) is 1. The first-order valence-corrected chi connectivity index (χ1v) is 9.68. The molecule has 5 atom stereocenters. The number of fused-ring (bicyclic) bond motifs is 1. The van der Waals surface area contributed by atoms with E-state index < -0.39 is 0 Å². The van der Waals surface area contributed by atoms with Crippen molar-refractivity contribution in [2.24, 2.45) is 34.5 Å². The molecule has 2 heteroatoms. The quantitative estimate of drug-likeness (QED) is 0.739. The summed E-state index contributed by atoms with van der Waals surface area (Å²) in [6, 6.07) is 0. The van der Waals surface area contributed by atoms with Crippen LogP contribution in [0.3, 0.4) is 0 Å². The zero-order valence-corrected chi connectivity index (χ0v) is 15.7. The van der Waals surface area contributed by atoms with Crippen LogP contribution in [-0.2, 0) is 4.74 Å². The lowest BCUT2D eigenvalue weighted by Gasteiger charge is -2.39. The zero-order chi connectivity index (χ0) is 16.8. The third-order valence-corrected chi connectivity index (χ3v) is 6.83. The van der Waals surface area contributed by atoms with Gasteiger partial charge in [0, 0.05) is 11.8 Å². The van der Waals surface area contributed by atoms with E-state index in [1.807, 2.05) is 0 Å². The van der Waals surface area contributed by atoms with Crippen LogP contribution in [0.1, 0.15) is 66.7 Å². The molecule has 1 saturated carbocycles. The lowest BCUT2D eigenvalue weighted by atomic mass is 9.67. The Labute approximate surface area is 142 Å². The molecule has 132 valence electrons. The lowest BCUT2D eigenvalue weighted by Crippen LogP contribution is -2.39. The van der Waals surface area contributed by atoms with Crippen LogP contribution in [0.5, 0.6) is 0 Å². The van der Waals surface area contributed by atoms with Crippen molar-refractivity contribution in [3.05, 3.63) is 12.2 Å². The van der Waals surface area contributed by atoms with Gasteiger partial charge in [0.15, 0.2) is 0 Å². The summed E-state index contributed by atoms with van der Waals surface area (Å²) >= 11 is 0. The van der Waals surface area contributed by atoms with Crippen LogP contribution in [0.2, 0.25) is 0 Å². The predicted octanol–water partition coefficient (Wildman–Crippen LogP) is 4.82. The summed E-state index contributed by atoms with van der Waals surface area (Å²) in [6.07, 6.45) is 11.0. The predicted molar refractivity (Wildman–Crippen MR) is 95.2 cm³/mol. The molecule has 0 aromatic rings. The van der Waals surface area contributed by atoms with Gasteiger partial charge >= 0.3 is 0 Å². The highest BCUT2D eigenvalue weighted by molar-refractivity contribution is 5.11. The second-order valence-electron chi connectivity index (χ2n) is 10.1. The fourth-order valence-electron chi connectivity index (χ4n) is 5.21. The molecule has 2 nitrogen and oxygen atoms in total. The summed E-state index contributed by atoms with van der Waals surface area (Å²) in [5, 5.41) is 11.0. The van der Waals surface area contributed by atoms with Crippen LogP contribution in [0, 0.1) is 34.5 Å². The molecule has 1 aliphatic heterocycles. The minimum atomic E-state index is -0.166. The van der Waals surface area contributed by atoms with Gasteiger partial charge in [0.1, 0.15) is 0 Å². The maximum absolute atomic E-state index is 11.0. The molecule has 1 unspecified atom stereocenters. The molecule has 2 fully saturated rings. The number of hydrogen-bond acceptors (Lipinski definition) is 2. The van der Waals surface area contributed by atoms with E-state index in [-0.39, 0.29) is 16.9 Å². The standard InChI is InChI=1S/C21H36O2/c1-20(2,3)17-12-15(18(22)14-8-6-7-9-14)10-11-16-19(17)23-13-21(16,4)5/h10-11,14-19,22H,6-9,12-13H2,1-5H3/t15-,16+,17-,18+,19?/m1/s1. The van der Waals surface area contributed by atoms with Crippen molar-refractivity contribution < 1.29 is 9.84 Å². The average molecular weight is 321 g/mol. The largest absolute Gasteiger partial charge is 0.392 e. The molecular weight excluding hydrogens is 284 g/mol. The molecule has 0 bridgehead atoms. The van der Waals surface area contributed by atoms with Crippen molar-refractivity contribution in [2.45, 2.75) is 78.9 Å². The van der Waals surface area contributed by atoms with Crippen molar-refractivity contribution in [1.29, 1.82) is 0 Å². The Morgan fingerprint density at radius 1 is 1.13 bits per heavy atom. The van der Waals surface area contributed by atoms with Crippen molar-refractivity contribution in [1.82, 2.24) is 0 Å². The summed E-state index contributed by atoms with van der Waals surface area (Å²) in [5.41, 5.74) is 0.418. The molecule has 0 radical (unpaired) electrons. The van der Waals surface area contributed by atoms with E-state index in [0.717, 1.165) is 13.0 Å². The first-order chi connectivity index (χ1) is 10.7. The summed E-state index contributed by atoms with van der Waals surface area (Å²) in [5.74, 6) is 1.79. The molecular formula is C21H36O2. The summed E-state index contributed by atoms with van der Waals surface area (Å²) in [6.45, 7) is 12.5. The Kier molecular flexibility index (Phi) is 4.70. The maximum atomic E-state index is 11.0. The van der Waals surface area contributed by atoms with Crippen molar-refractivity contribution in [2.75, 3.05) is 6.61 Å². The first kappa shape index (κ1) is 17.5. The SMILES string of the molecule is CC(C)(C)[C@@H]1C[C@H]([C@@H](O)C2CCCC2)C=C[C@H]2C1OCC2(C)C. The van der Waals surface area contributed by atoms with Crippen LogP contribution in [-0.4, -0.2) is 23.9 Å². The molecule has 1 saturated heterocycles. The van der Waals surface area contributed by atoms with Gasteiger partial charge in [0.25, 0.3) is 0 Å². The fourth-order valence-corrected chi connectivity index (χ4v) is 5.21. The van der Waals surface area contributed by atoms with Gasteiger partial charge in [-0.1, -0.05) is 59.6 Å². The van der Waals surface area contributed by atoms with Crippen LogP contribution in [0.25, 0.3) is 0 Å². The van der Waals surface area contributed by atoms with Crippen LogP contribution in [0.15, 0.2) is 12.2 Å². The fraction of sp³-hybridized carbons (Fsp3) is 0.905. The average Bonchev–Trinajstić information content (AvgIpc) is 3.01. The summed E-state index contributed by atoms with van der Waals surface area (Å²) in [7, 11) is 0.